The molecule has 4 rings (SSSR count). The van der Waals surface area contributed by atoms with Crippen LogP contribution in [0.2, 0.25) is 5.02 Å². The van der Waals surface area contributed by atoms with Crippen LogP contribution in [0.3, 0.4) is 0 Å². The van der Waals surface area contributed by atoms with Crippen LogP contribution in [0.4, 0.5) is 5.69 Å². The maximum atomic E-state index is 12.2. The average Bonchev–Trinajstić information content (AvgIpc) is 3.13. The summed E-state index contributed by atoms with van der Waals surface area (Å²) < 4.78 is 1.20. The van der Waals surface area contributed by atoms with Crippen LogP contribution in [-0.2, 0) is 17.6 Å². The molecule has 0 radical (unpaired) electrons. The molecule has 30 heavy (non-hydrogen) atoms. The predicted molar refractivity (Wildman–Crippen MR) is 128 cm³/mol. The van der Waals surface area contributed by atoms with Crippen LogP contribution in [0.25, 0.3) is 10.2 Å². The lowest BCUT2D eigenvalue weighted by Gasteiger charge is -2.10. The van der Waals surface area contributed by atoms with E-state index in [0.29, 0.717) is 5.02 Å². The molecule has 1 heterocycles. The standard InChI is InChI=1S/C23H18ClN3OS2/c24-17-9-5-15(6-10-17)13-21(28)27-23(29)25-18-11-7-16(8-12-18)14-22-26-19-3-1-2-4-20(19)30-22/h1-12H,13-14H2,(H2,25,27,28,29). The fraction of sp³-hybridized carbons (Fsp3) is 0.0870. The number of hydrogen-bond acceptors (Lipinski definition) is 4. The number of hydrogen-bond donors (Lipinski definition) is 2. The van der Waals surface area contributed by atoms with E-state index < -0.39 is 0 Å². The molecule has 150 valence electrons. The molecule has 0 bridgehead atoms. The van der Waals surface area contributed by atoms with Crippen molar-refractivity contribution in [3.05, 3.63) is 94.0 Å². The third-order valence-corrected chi connectivity index (χ3v) is 5.93. The molecule has 0 aliphatic heterocycles. The van der Waals surface area contributed by atoms with Gasteiger partial charge in [0.25, 0.3) is 0 Å². The van der Waals surface area contributed by atoms with Gasteiger partial charge in [0.1, 0.15) is 0 Å². The minimum atomic E-state index is -0.178. The molecular weight excluding hydrogens is 434 g/mol. The van der Waals surface area contributed by atoms with E-state index >= 15 is 0 Å². The number of benzene rings is 3. The van der Waals surface area contributed by atoms with Crippen molar-refractivity contribution in [1.29, 1.82) is 0 Å². The Kier molecular flexibility index (Phi) is 6.38. The van der Waals surface area contributed by atoms with E-state index in [9.17, 15) is 4.79 Å². The molecule has 2 N–H and O–H groups in total. The number of rotatable bonds is 5. The quantitative estimate of drug-likeness (QED) is 0.388. The number of aromatic nitrogens is 1. The Morgan fingerprint density at radius 2 is 1.67 bits per heavy atom. The van der Waals surface area contributed by atoms with Crippen molar-refractivity contribution in [2.75, 3.05) is 5.32 Å². The van der Waals surface area contributed by atoms with Crippen LogP contribution in [0.5, 0.6) is 0 Å². The van der Waals surface area contributed by atoms with Gasteiger partial charge in [0, 0.05) is 17.1 Å². The molecule has 1 amide bonds. The van der Waals surface area contributed by atoms with E-state index in [-0.39, 0.29) is 17.4 Å². The van der Waals surface area contributed by atoms with Gasteiger partial charge in [0.05, 0.1) is 21.6 Å². The highest BCUT2D eigenvalue weighted by Gasteiger charge is 2.08. The van der Waals surface area contributed by atoms with E-state index in [4.69, 9.17) is 23.8 Å². The topological polar surface area (TPSA) is 54.0 Å². The van der Waals surface area contributed by atoms with Crippen LogP contribution in [-0.4, -0.2) is 16.0 Å². The van der Waals surface area contributed by atoms with Crippen LogP contribution in [0.15, 0.2) is 72.8 Å². The highest BCUT2D eigenvalue weighted by atomic mass is 35.5. The lowest BCUT2D eigenvalue weighted by Crippen LogP contribution is -2.35. The number of nitrogens with zero attached hydrogens (tertiary/aromatic N) is 1. The molecule has 0 fully saturated rings. The first kappa shape index (κ1) is 20.5. The summed E-state index contributed by atoms with van der Waals surface area (Å²) in [6.45, 7) is 0. The summed E-state index contributed by atoms with van der Waals surface area (Å²) in [4.78, 5) is 16.8. The molecule has 0 saturated heterocycles. The minimum absolute atomic E-state index is 0.178. The number of thiazole rings is 1. The molecule has 0 spiro atoms. The number of thiocarbonyl (C=S) groups is 1. The van der Waals surface area contributed by atoms with Gasteiger partial charge in [0.2, 0.25) is 5.91 Å². The Labute approximate surface area is 188 Å². The summed E-state index contributed by atoms with van der Waals surface area (Å²) in [5, 5.41) is 7.74. The monoisotopic (exact) mass is 451 g/mol. The maximum absolute atomic E-state index is 12.2. The number of anilines is 1. The van der Waals surface area contributed by atoms with Crippen molar-refractivity contribution in [2.24, 2.45) is 0 Å². The van der Waals surface area contributed by atoms with Crippen molar-refractivity contribution < 1.29 is 4.79 Å². The van der Waals surface area contributed by atoms with Gasteiger partial charge in [-0.05, 0) is 59.7 Å². The van der Waals surface area contributed by atoms with E-state index in [1.165, 1.54) is 4.70 Å². The Hall–Kier alpha value is -2.80. The van der Waals surface area contributed by atoms with Crippen molar-refractivity contribution in [1.82, 2.24) is 10.3 Å². The Balaban J connectivity index is 1.30. The third-order valence-electron chi connectivity index (χ3n) is 4.44. The number of halogens is 1. The van der Waals surface area contributed by atoms with Gasteiger partial charge in [-0.25, -0.2) is 4.98 Å². The largest absolute Gasteiger partial charge is 0.332 e. The van der Waals surface area contributed by atoms with Crippen LogP contribution < -0.4 is 10.6 Å². The summed E-state index contributed by atoms with van der Waals surface area (Å²) in [6, 6.07) is 23.3. The highest BCUT2D eigenvalue weighted by Crippen LogP contribution is 2.24. The second-order valence-corrected chi connectivity index (χ2v) is 8.71. The van der Waals surface area contributed by atoms with E-state index in [1.807, 2.05) is 54.6 Å². The molecule has 4 nitrogen and oxygen atoms in total. The number of amides is 1. The van der Waals surface area contributed by atoms with Gasteiger partial charge in [-0.15, -0.1) is 11.3 Å². The molecule has 3 aromatic carbocycles. The number of nitrogens with one attached hydrogen (secondary N) is 2. The summed E-state index contributed by atoms with van der Waals surface area (Å²) >= 11 is 12.8. The average molecular weight is 452 g/mol. The van der Waals surface area contributed by atoms with Crippen LogP contribution in [0.1, 0.15) is 16.1 Å². The van der Waals surface area contributed by atoms with E-state index in [2.05, 4.69) is 21.7 Å². The summed E-state index contributed by atoms with van der Waals surface area (Å²) in [5.41, 5.74) is 3.89. The molecule has 0 atom stereocenters. The van der Waals surface area contributed by atoms with Gasteiger partial charge in [0.15, 0.2) is 5.11 Å². The second kappa shape index (κ2) is 9.34. The van der Waals surface area contributed by atoms with Crippen LogP contribution in [0, 0.1) is 0 Å². The normalized spacial score (nSPS) is 10.7. The summed E-state index contributed by atoms with van der Waals surface area (Å²) in [5.74, 6) is -0.178. The lowest BCUT2D eigenvalue weighted by molar-refractivity contribution is -0.119. The first-order chi connectivity index (χ1) is 14.5. The van der Waals surface area contributed by atoms with Crippen molar-refractivity contribution in [2.45, 2.75) is 12.8 Å². The molecule has 0 saturated carbocycles. The van der Waals surface area contributed by atoms with Gasteiger partial charge in [-0.1, -0.05) is 48.0 Å². The van der Waals surface area contributed by atoms with Crippen molar-refractivity contribution in [3.8, 4) is 0 Å². The number of carbonyl (C=O) groups is 1. The molecule has 4 aromatic rings. The fourth-order valence-corrected chi connectivity index (χ4v) is 4.36. The smallest absolute Gasteiger partial charge is 0.230 e. The van der Waals surface area contributed by atoms with Gasteiger partial charge >= 0.3 is 0 Å². The summed E-state index contributed by atoms with van der Waals surface area (Å²) in [7, 11) is 0. The predicted octanol–water partition coefficient (Wildman–Crippen LogP) is 5.60. The van der Waals surface area contributed by atoms with Crippen molar-refractivity contribution >= 4 is 62.1 Å². The first-order valence-electron chi connectivity index (χ1n) is 9.34. The SMILES string of the molecule is O=C(Cc1ccc(Cl)cc1)NC(=S)Nc1ccc(Cc2nc3ccccc3s2)cc1. The number of carbonyl (C=O) groups excluding carboxylic acids is 1. The number of fused-ring (bicyclic) bond motifs is 1. The van der Waals surface area contributed by atoms with Crippen molar-refractivity contribution in [3.63, 3.8) is 0 Å². The molecule has 7 heteroatoms. The minimum Gasteiger partial charge on any atom is -0.332 e. The Morgan fingerprint density at radius 3 is 2.40 bits per heavy atom. The van der Waals surface area contributed by atoms with Gasteiger partial charge in [-0.2, -0.15) is 0 Å². The lowest BCUT2D eigenvalue weighted by atomic mass is 10.1. The van der Waals surface area contributed by atoms with E-state index in [1.54, 1.807) is 23.5 Å². The second-order valence-electron chi connectivity index (χ2n) is 6.75. The first-order valence-corrected chi connectivity index (χ1v) is 10.9. The molecule has 0 unspecified atom stereocenters. The zero-order chi connectivity index (χ0) is 20.9. The molecular formula is C23H18ClN3OS2. The zero-order valence-corrected chi connectivity index (χ0v) is 18.3. The highest BCUT2D eigenvalue weighted by molar-refractivity contribution is 7.80. The molecule has 1 aromatic heterocycles. The van der Waals surface area contributed by atoms with Crippen LogP contribution >= 0.6 is 35.2 Å². The molecule has 0 aliphatic carbocycles. The van der Waals surface area contributed by atoms with Gasteiger partial charge < -0.3 is 10.6 Å². The zero-order valence-electron chi connectivity index (χ0n) is 15.9. The Bertz CT molecular complexity index is 1150. The fourth-order valence-electron chi connectivity index (χ4n) is 3.00. The van der Waals surface area contributed by atoms with Gasteiger partial charge in [-0.3, -0.25) is 4.79 Å². The Morgan fingerprint density at radius 1 is 0.967 bits per heavy atom. The third kappa shape index (κ3) is 5.42. The van der Waals surface area contributed by atoms with E-state index in [0.717, 1.165) is 33.8 Å². The molecule has 0 aliphatic rings. The summed E-state index contributed by atoms with van der Waals surface area (Å²) in [6.07, 6.45) is 1.02. The number of para-hydroxylation sites is 1. The maximum Gasteiger partial charge on any atom is 0.230 e.